The third-order valence-corrected chi connectivity index (χ3v) is 6.73. The van der Waals surface area contributed by atoms with Gasteiger partial charge in [-0.25, -0.2) is 13.4 Å². The quantitative estimate of drug-likeness (QED) is 0.855. The van der Waals surface area contributed by atoms with Gasteiger partial charge >= 0.3 is 0 Å². The van der Waals surface area contributed by atoms with E-state index in [-0.39, 0.29) is 0 Å². The predicted molar refractivity (Wildman–Crippen MR) is 86.3 cm³/mol. The minimum atomic E-state index is -3.34. The standard InChI is InChI=1S/C16H25N3O2S/c1-14-7-3-6-12-19(14)16-9-8-15(13-17-16)22(20,21)18-10-4-2-5-11-18/h8-9,13-14H,2-7,10-12H2,1H3/p+1/t14-/m0/s1. The average molecular weight is 324 g/mol. The van der Waals surface area contributed by atoms with Crippen LogP contribution in [0.5, 0.6) is 0 Å². The van der Waals surface area contributed by atoms with Crippen molar-refractivity contribution in [1.29, 1.82) is 0 Å². The van der Waals surface area contributed by atoms with Crippen molar-refractivity contribution >= 4 is 15.8 Å². The molecule has 0 saturated carbocycles. The van der Waals surface area contributed by atoms with Gasteiger partial charge in [0.05, 0.1) is 12.6 Å². The van der Waals surface area contributed by atoms with Crippen molar-refractivity contribution in [2.75, 3.05) is 24.5 Å². The highest BCUT2D eigenvalue weighted by Gasteiger charge is 2.29. The number of nitrogens with one attached hydrogen (secondary N) is 1. The smallest absolute Gasteiger partial charge is 0.259 e. The summed E-state index contributed by atoms with van der Waals surface area (Å²) in [4.78, 5) is 5.91. The maximum absolute atomic E-state index is 12.6. The first-order chi connectivity index (χ1) is 10.6. The number of rotatable bonds is 3. The van der Waals surface area contributed by atoms with E-state index >= 15 is 0 Å². The van der Waals surface area contributed by atoms with Gasteiger partial charge in [-0.2, -0.15) is 4.31 Å². The zero-order chi connectivity index (χ0) is 15.6. The summed E-state index contributed by atoms with van der Waals surface area (Å²) >= 11 is 0. The van der Waals surface area contributed by atoms with Gasteiger partial charge in [0, 0.05) is 19.2 Å². The van der Waals surface area contributed by atoms with E-state index in [0.717, 1.165) is 31.6 Å². The van der Waals surface area contributed by atoms with Crippen LogP contribution in [0.4, 0.5) is 5.82 Å². The highest BCUT2D eigenvalue weighted by atomic mass is 32.2. The SMILES string of the molecule is C[C@H]1CCCCN1c1ccc(S(=O)(=O)N2CCCCC2)c[nH+]1. The molecule has 2 saturated heterocycles. The van der Waals surface area contributed by atoms with Crippen LogP contribution in [0.3, 0.4) is 0 Å². The van der Waals surface area contributed by atoms with Crippen LogP contribution in [0.25, 0.3) is 0 Å². The Morgan fingerprint density at radius 2 is 1.77 bits per heavy atom. The maximum Gasteiger partial charge on any atom is 0.274 e. The molecule has 1 aromatic rings. The summed E-state index contributed by atoms with van der Waals surface area (Å²) in [5.74, 6) is 1.02. The Morgan fingerprint density at radius 1 is 1.05 bits per heavy atom. The van der Waals surface area contributed by atoms with Crippen molar-refractivity contribution in [3.8, 4) is 0 Å². The fourth-order valence-electron chi connectivity index (χ4n) is 3.45. The summed E-state index contributed by atoms with van der Waals surface area (Å²) in [6, 6.07) is 4.17. The molecule has 0 aliphatic carbocycles. The van der Waals surface area contributed by atoms with E-state index in [1.165, 1.54) is 19.3 Å². The molecule has 0 spiro atoms. The number of piperidine rings is 2. The highest BCUT2D eigenvalue weighted by molar-refractivity contribution is 7.89. The van der Waals surface area contributed by atoms with Crippen molar-refractivity contribution < 1.29 is 13.4 Å². The van der Waals surface area contributed by atoms with Gasteiger partial charge in [-0.15, -0.1) is 0 Å². The second kappa shape index (κ2) is 6.54. The first-order valence-corrected chi connectivity index (χ1v) is 9.81. The molecule has 2 aliphatic heterocycles. The summed E-state index contributed by atoms with van der Waals surface area (Å²) in [6.07, 6.45) is 8.38. The van der Waals surface area contributed by atoms with Gasteiger partial charge in [0.25, 0.3) is 5.82 Å². The molecule has 5 nitrogen and oxygen atoms in total. The van der Waals surface area contributed by atoms with Crippen molar-refractivity contribution in [2.24, 2.45) is 0 Å². The molecule has 3 rings (SSSR count). The molecule has 1 atom stereocenters. The van der Waals surface area contributed by atoms with Gasteiger partial charge < -0.3 is 0 Å². The summed E-state index contributed by atoms with van der Waals surface area (Å²) in [5.41, 5.74) is 0. The fourth-order valence-corrected chi connectivity index (χ4v) is 4.94. The van der Waals surface area contributed by atoms with Crippen LogP contribution in [0, 0.1) is 0 Å². The Morgan fingerprint density at radius 3 is 2.41 bits per heavy atom. The number of hydrogen-bond acceptors (Lipinski definition) is 3. The molecule has 0 aromatic carbocycles. The zero-order valence-electron chi connectivity index (χ0n) is 13.3. The number of nitrogens with zero attached hydrogens (tertiary/aromatic N) is 2. The van der Waals surface area contributed by atoms with Gasteiger partial charge in [-0.3, -0.25) is 4.90 Å². The van der Waals surface area contributed by atoms with Crippen LogP contribution in [-0.2, 0) is 10.0 Å². The van der Waals surface area contributed by atoms with Crippen molar-refractivity contribution in [1.82, 2.24) is 4.31 Å². The van der Waals surface area contributed by atoms with Crippen LogP contribution in [-0.4, -0.2) is 38.4 Å². The Labute approximate surface area is 133 Å². The van der Waals surface area contributed by atoms with E-state index in [0.29, 0.717) is 24.0 Å². The van der Waals surface area contributed by atoms with Crippen LogP contribution < -0.4 is 9.88 Å². The fraction of sp³-hybridized carbons (Fsp3) is 0.688. The number of H-pyrrole nitrogens is 1. The largest absolute Gasteiger partial charge is 0.274 e. The second-order valence-electron chi connectivity index (χ2n) is 6.41. The van der Waals surface area contributed by atoms with E-state index in [2.05, 4.69) is 16.8 Å². The van der Waals surface area contributed by atoms with Crippen LogP contribution in [0.1, 0.15) is 45.4 Å². The topological polar surface area (TPSA) is 54.8 Å². The lowest BCUT2D eigenvalue weighted by Crippen LogP contribution is -2.41. The van der Waals surface area contributed by atoms with Gasteiger partial charge in [0.15, 0.2) is 0 Å². The Bertz CT molecular complexity index is 594. The third-order valence-electron chi connectivity index (χ3n) is 4.83. The molecule has 3 heterocycles. The summed E-state index contributed by atoms with van der Waals surface area (Å²) in [5, 5.41) is 0. The molecule has 2 aliphatic rings. The molecule has 2 fully saturated rings. The van der Waals surface area contributed by atoms with Crippen molar-refractivity contribution in [3.05, 3.63) is 18.3 Å². The number of aromatic amines is 1. The number of anilines is 1. The molecule has 0 bridgehead atoms. The highest BCUT2D eigenvalue weighted by Crippen LogP contribution is 2.23. The van der Waals surface area contributed by atoms with E-state index in [4.69, 9.17) is 0 Å². The van der Waals surface area contributed by atoms with Crippen LogP contribution in [0.15, 0.2) is 23.2 Å². The predicted octanol–water partition coefficient (Wildman–Crippen LogP) is 2.05. The molecule has 0 unspecified atom stereocenters. The lowest BCUT2D eigenvalue weighted by Gasteiger charge is -2.28. The van der Waals surface area contributed by atoms with E-state index in [1.807, 2.05) is 6.07 Å². The average Bonchev–Trinajstić information content (AvgIpc) is 2.56. The van der Waals surface area contributed by atoms with Crippen molar-refractivity contribution in [2.45, 2.75) is 56.4 Å². The summed E-state index contributed by atoms with van der Waals surface area (Å²) in [6.45, 7) is 4.56. The summed E-state index contributed by atoms with van der Waals surface area (Å²) in [7, 11) is -3.34. The molecule has 0 radical (unpaired) electrons. The zero-order valence-corrected chi connectivity index (χ0v) is 14.1. The van der Waals surface area contributed by atoms with E-state index in [1.54, 1.807) is 16.6 Å². The lowest BCUT2D eigenvalue weighted by molar-refractivity contribution is -0.367. The molecular weight excluding hydrogens is 298 g/mol. The van der Waals surface area contributed by atoms with Gasteiger partial charge in [-0.1, -0.05) is 6.42 Å². The Hall–Kier alpha value is -1.14. The summed E-state index contributed by atoms with van der Waals surface area (Å²) < 4.78 is 26.9. The van der Waals surface area contributed by atoms with Gasteiger partial charge in [-0.05, 0) is 45.1 Å². The van der Waals surface area contributed by atoms with E-state index < -0.39 is 10.0 Å². The molecule has 22 heavy (non-hydrogen) atoms. The Kier molecular flexibility index (Phi) is 4.68. The number of hydrogen-bond donors (Lipinski definition) is 0. The lowest BCUT2D eigenvalue weighted by atomic mass is 10.0. The van der Waals surface area contributed by atoms with Gasteiger partial charge in [0.1, 0.15) is 11.1 Å². The van der Waals surface area contributed by atoms with Crippen molar-refractivity contribution in [3.63, 3.8) is 0 Å². The Balaban J connectivity index is 1.78. The van der Waals surface area contributed by atoms with Gasteiger partial charge in [0.2, 0.25) is 10.0 Å². The van der Waals surface area contributed by atoms with E-state index in [9.17, 15) is 8.42 Å². The molecule has 1 aromatic heterocycles. The third kappa shape index (κ3) is 3.13. The number of sulfonamides is 1. The molecular formula is C16H26N3O2S+. The second-order valence-corrected chi connectivity index (χ2v) is 8.35. The molecule has 6 heteroatoms. The normalized spacial score (nSPS) is 24.4. The monoisotopic (exact) mass is 324 g/mol. The maximum atomic E-state index is 12.6. The minimum absolute atomic E-state index is 0.378. The van der Waals surface area contributed by atoms with Crippen LogP contribution >= 0.6 is 0 Å². The van der Waals surface area contributed by atoms with Crippen LogP contribution in [0.2, 0.25) is 0 Å². The number of pyridine rings is 1. The molecule has 0 amide bonds. The number of aromatic nitrogens is 1. The molecule has 1 N–H and O–H groups in total. The first kappa shape index (κ1) is 15.7. The molecule has 122 valence electrons. The minimum Gasteiger partial charge on any atom is -0.259 e. The first-order valence-electron chi connectivity index (χ1n) is 8.37.